The minimum absolute atomic E-state index is 0.0127. The third kappa shape index (κ3) is 4.72. The molecule has 4 rings (SSSR count). The highest BCUT2D eigenvalue weighted by Gasteiger charge is 2.31. The zero-order chi connectivity index (χ0) is 24.6. The highest BCUT2D eigenvalue weighted by molar-refractivity contribution is 7.90. The number of amides is 2. The van der Waals surface area contributed by atoms with E-state index in [0.717, 1.165) is 0 Å². The highest BCUT2D eigenvalue weighted by atomic mass is 35.5. The van der Waals surface area contributed by atoms with Crippen LogP contribution in [0.15, 0.2) is 52.9 Å². The molecular weight excluding hydrogens is 484 g/mol. The normalized spacial score (nSPS) is 13.6. The molecule has 2 aromatic carbocycles. The first-order chi connectivity index (χ1) is 16.0. The Hall–Kier alpha value is -3.90. The van der Waals surface area contributed by atoms with Crippen LogP contribution in [0.1, 0.15) is 21.5 Å². The number of guanidine groups is 1. The minimum Gasteiger partial charge on any atom is -0.454 e. The number of sulfone groups is 1. The van der Waals surface area contributed by atoms with Gasteiger partial charge in [0, 0.05) is 29.2 Å². The standard InChI is InChI=1S/C21H19ClN6O5S/c1-11-4-12(20(30)27-21(23)24)6-16-18(11)33-19-13(9-34(16,31)32)5-14(7-15(19)22)26-17(29)8-28-3-2-25-10-28/h2-7,10H,8-9H2,1H3,(H,26,29)(H4,23,24,27,30). The molecule has 3 aromatic rings. The van der Waals surface area contributed by atoms with E-state index in [2.05, 4.69) is 15.3 Å². The summed E-state index contributed by atoms with van der Waals surface area (Å²) in [6.07, 6.45) is 4.68. The third-order valence-electron chi connectivity index (χ3n) is 4.89. The third-order valence-corrected chi connectivity index (χ3v) is 6.84. The first kappa shape index (κ1) is 23.3. The van der Waals surface area contributed by atoms with E-state index in [4.69, 9.17) is 27.8 Å². The number of fused-ring (bicyclic) bond motifs is 2. The molecule has 1 aliphatic heterocycles. The molecule has 1 aromatic heterocycles. The summed E-state index contributed by atoms with van der Waals surface area (Å²) >= 11 is 6.41. The molecule has 0 atom stereocenters. The lowest BCUT2D eigenvalue weighted by Crippen LogP contribution is -2.24. The maximum Gasteiger partial charge on any atom is 0.280 e. The first-order valence-electron chi connectivity index (χ1n) is 9.81. The Bertz CT molecular complexity index is 1450. The SMILES string of the molecule is Cc1cc(C(=O)N=C(N)N)cc2c1Oc1c(Cl)cc(NC(=O)Cn3ccnc3)cc1CS2(=O)=O. The molecule has 0 aliphatic carbocycles. The number of hydrogen-bond donors (Lipinski definition) is 3. The fraction of sp³-hybridized carbons (Fsp3) is 0.143. The molecule has 0 radical (unpaired) electrons. The lowest BCUT2D eigenvalue weighted by molar-refractivity contribution is -0.116. The van der Waals surface area contributed by atoms with Crippen molar-refractivity contribution in [2.24, 2.45) is 16.5 Å². The average Bonchev–Trinajstić information content (AvgIpc) is 3.19. The fourth-order valence-corrected chi connectivity index (χ4v) is 5.33. The number of ether oxygens (including phenoxy) is 1. The van der Waals surface area contributed by atoms with Crippen LogP contribution in [0.2, 0.25) is 5.02 Å². The van der Waals surface area contributed by atoms with Gasteiger partial charge in [-0.2, -0.15) is 4.99 Å². The van der Waals surface area contributed by atoms with E-state index >= 15 is 0 Å². The predicted molar refractivity (Wildman–Crippen MR) is 125 cm³/mol. The number of halogens is 1. The molecule has 2 heterocycles. The van der Waals surface area contributed by atoms with Crippen LogP contribution in [-0.2, 0) is 26.9 Å². The molecular formula is C21H19ClN6O5S. The summed E-state index contributed by atoms with van der Waals surface area (Å²) in [5, 5.41) is 2.80. The Morgan fingerprint density at radius 1 is 1.24 bits per heavy atom. The number of carbonyl (C=O) groups is 2. The monoisotopic (exact) mass is 502 g/mol. The van der Waals surface area contributed by atoms with E-state index < -0.39 is 27.5 Å². The Kier molecular flexibility index (Phi) is 6.02. The second-order valence-electron chi connectivity index (χ2n) is 7.55. The largest absolute Gasteiger partial charge is 0.454 e. The molecule has 176 valence electrons. The van der Waals surface area contributed by atoms with Crippen LogP contribution < -0.4 is 21.5 Å². The van der Waals surface area contributed by atoms with E-state index in [0.29, 0.717) is 11.3 Å². The van der Waals surface area contributed by atoms with E-state index in [1.54, 1.807) is 23.9 Å². The number of aryl methyl sites for hydroxylation is 1. The van der Waals surface area contributed by atoms with E-state index in [9.17, 15) is 18.0 Å². The number of rotatable bonds is 4. The Labute approximate surface area is 199 Å². The highest BCUT2D eigenvalue weighted by Crippen LogP contribution is 2.44. The van der Waals surface area contributed by atoms with Gasteiger partial charge in [0.25, 0.3) is 5.91 Å². The van der Waals surface area contributed by atoms with Crippen LogP contribution >= 0.6 is 11.6 Å². The average molecular weight is 503 g/mol. The summed E-state index contributed by atoms with van der Waals surface area (Å²) in [6, 6.07) is 5.54. The molecule has 2 amide bonds. The smallest absolute Gasteiger partial charge is 0.280 e. The Morgan fingerprint density at radius 3 is 2.68 bits per heavy atom. The summed E-state index contributed by atoms with van der Waals surface area (Å²) < 4.78 is 34.0. The number of nitrogens with two attached hydrogens (primary N) is 2. The minimum atomic E-state index is -3.97. The van der Waals surface area contributed by atoms with E-state index in [-0.39, 0.29) is 45.0 Å². The molecule has 0 saturated heterocycles. The van der Waals surface area contributed by atoms with Crippen molar-refractivity contribution >= 4 is 44.9 Å². The van der Waals surface area contributed by atoms with Gasteiger partial charge in [-0.15, -0.1) is 0 Å². The van der Waals surface area contributed by atoms with Gasteiger partial charge in [-0.1, -0.05) is 11.6 Å². The van der Waals surface area contributed by atoms with Crippen molar-refractivity contribution in [3.63, 3.8) is 0 Å². The molecule has 0 unspecified atom stereocenters. The molecule has 0 bridgehead atoms. The quantitative estimate of drug-likeness (QED) is 0.358. The lowest BCUT2D eigenvalue weighted by Gasteiger charge is -2.14. The van der Waals surface area contributed by atoms with Crippen molar-refractivity contribution in [2.75, 3.05) is 5.32 Å². The maximum atomic E-state index is 13.2. The van der Waals surface area contributed by atoms with Crippen molar-refractivity contribution in [3.8, 4) is 11.5 Å². The van der Waals surface area contributed by atoms with E-state index in [1.807, 2.05) is 0 Å². The van der Waals surface area contributed by atoms with Gasteiger partial charge >= 0.3 is 0 Å². The maximum absolute atomic E-state index is 13.2. The predicted octanol–water partition coefficient (Wildman–Crippen LogP) is 1.98. The molecule has 0 saturated carbocycles. The topological polar surface area (TPSA) is 172 Å². The molecule has 13 heteroatoms. The van der Waals surface area contributed by atoms with Crippen LogP contribution in [0, 0.1) is 6.92 Å². The summed E-state index contributed by atoms with van der Waals surface area (Å²) in [5.74, 6) is -1.88. The van der Waals surface area contributed by atoms with Crippen LogP contribution in [0.4, 0.5) is 5.69 Å². The molecule has 34 heavy (non-hydrogen) atoms. The summed E-state index contributed by atoms with van der Waals surface area (Å²) in [4.78, 5) is 31.8. The van der Waals surface area contributed by atoms with Crippen LogP contribution in [0.5, 0.6) is 11.5 Å². The van der Waals surface area contributed by atoms with Gasteiger partial charge in [-0.05, 0) is 36.8 Å². The van der Waals surface area contributed by atoms with Gasteiger partial charge in [-0.3, -0.25) is 9.59 Å². The number of imidazole rings is 1. The van der Waals surface area contributed by atoms with Gasteiger partial charge in [0.1, 0.15) is 22.9 Å². The van der Waals surface area contributed by atoms with Crippen molar-refractivity contribution in [3.05, 3.63) is 64.7 Å². The van der Waals surface area contributed by atoms with Crippen molar-refractivity contribution in [1.82, 2.24) is 9.55 Å². The zero-order valence-corrected chi connectivity index (χ0v) is 19.4. The van der Waals surface area contributed by atoms with Gasteiger partial charge in [0.15, 0.2) is 15.8 Å². The van der Waals surface area contributed by atoms with Crippen LogP contribution in [0.3, 0.4) is 0 Å². The first-order valence-corrected chi connectivity index (χ1v) is 11.8. The van der Waals surface area contributed by atoms with Crippen molar-refractivity contribution < 1.29 is 22.7 Å². The second kappa shape index (κ2) is 8.80. The Balaban J connectivity index is 1.71. The summed E-state index contributed by atoms with van der Waals surface area (Å²) in [5.41, 5.74) is 11.4. The second-order valence-corrected chi connectivity index (χ2v) is 9.92. The zero-order valence-electron chi connectivity index (χ0n) is 17.8. The van der Waals surface area contributed by atoms with Crippen molar-refractivity contribution in [2.45, 2.75) is 24.1 Å². The van der Waals surface area contributed by atoms with Crippen LogP contribution in [0.25, 0.3) is 0 Å². The number of hydrogen-bond acceptors (Lipinski definition) is 6. The lowest BCUT2D eigenvalue weighted by atomic mass is 10.1. The molecule has 1 aliphatic rings. The molecule has 5 N–H and O–H groups in total. The van der Waals surface area contributed by atoms with Gasteiger partial charge in [-0.25, -0.2) is 13.4 Å². The number of aliphatic imine (C=N–C) groups is 1. The van der Waals surface area contributed by atoms with Gasteiger partial charge in [0.05, 0.1) is 17.1 Å². The van der Waals surface area contributed by atoms with Gasteiger partial charge < -0.3 is 26.1 Å². The van der Waals surface area contributed by atoms with Crippen LogP contribution in [-0.4, -0.2) is 35.7 Å². The van der Waals surface area contributed by atoms with E-state index in [1.165, 1.54) is 30.6 Å². The summed E-state index contributed by atoms with van der Waals surface area (Å²) in [7, 11) is -3.97. The fourth-order valence-electron chi connectivity index (χ4n) is 3.48. The molecule has 0 fully saturated rings. The van der Waals surface area contributed by atoms with Gasteiger partial charge in [0.2, 0.25) is 5.91 Å². The number of carbonyl (C=O) groups excluding carboxylic acids is 2. The number of nitrogens with zero attached hydrogens (tertiary/aromatic N) is 3. The number of anilines is 1. The molecule has 11 nitrogen and oxygen atoms in total. The summed E-state index contributed by atoms with van der Waals surface area (Å²) in [6.45, 7) is 1.60. The number of nitrogens with one attached hydrogen (secondary N) is 1. The van der Waals surface area contributed by atoms with Crippen molar-refractivity contribution in [1.29, 1.82) is 0 Å². The number of aromatic nitrogens is 2. The Morgan fingerprint density at radius 2 is 2.00 bits per heavy atom. The number of benzene rings is 2. The molecule has 0 spiro atoms.